The number of hydrogen-bond donors (Lipinski definition) is 1. The molecule has 5 rings (SSSR count). The van der Waals surface area contributed by atoms with Gasteiger partial charge in [-0.2, -0.15) is 0 Å². The van der Waals surface area contributed by atoms with Gasteiger partial charge in [-0.1, -0.05) is 60.7 Å². The second-order valence-corrected chi connectivity index (χ2v) is 11.2. The third kappa shape index (κ3) is 6.41. The Hall–Kier alpha value is -4.79. The molecule has 3 atom stereocenters. The molecule has 2 aliphatic rings. The minimum absolute atomic E-state index is 0.0696. The van der Waals surface area contributed by atoms with Crippen molar-refractivity contribution in [3.8, 4) is 17.2 Å². The van der Waals surface area contributed by atoms with Crippen LogP contribution in [0.25, 0.3) is 0 Å². The SMILES string of the molecule is C=CC[C@@H]1CC(=O)N2[C@H](CN(Cc3cccc(OC)c3OC)C(=O)[C@@H]2Cc2ccc(O)cc2)N1C(=O)CCc1ccccc1. The van der Waals surface area contributed by atoms with Crippen molar-refractivity contribution in [3.63, 3.8) is 0 Å². The topological polar surface area (TPSA) is 99.6 Å². The Morgan fingerprint density at radius 1 is 0.977 bits per heavy atom. The van der Waals surface area contributed by atoms with E-state index in [1.54, 1.807) is 60.4 Å². The number of carbonyl (C=O) groups is 3. The lowest BCUT2D eigenvalue weighted by Crippen LogP contribution is -2.73. The lowest BCUT2D eigenvalue weighted by Gasteiger charge is -2.55. The summed E-state index contributed by atoms with van der Waals surface area (Å²) in [6.07, 6.45) is 2.75. The summed E-state index contributed by atoms with van der Waals surface area (Å²) in [6, 6.07) is 20.8. The minimum Gasteiger partial charge on any atom is -0.508 e. The van der Waals surface area contributed by atoms with Crippen LogP contribution in [0.15, 0.2) is 85.5 Å². The molecule has 0 radical (unpaired) electrons. The Morgan fingerprint density at radius 2 is 1.73 bits per heavy atom. The van der Waals surface area contributed by atoms with Gasteiger partial charge in [0.25, 0.3) is 0 Å². The number of aromatic hydroxyl groups is 1. The van der Waals surface area contributed by atoms with Gasteiger partial charge in [0.1, 0.15) is 18.0 Å². The second kappa shape index (κ2) is 13.7. The fourth-order valence-corrected chi connectivity index (χ4v) is 6.37. The van der Waals surface area contributed by atoms with Crippen molar-refractivity contribution in [1.29, 1.82) is 0 Å². The summed E-state index contributed by atoms with van der Waals surface area (Å²) >= 11 is 0. The number of nitrogens with zero attached hydrogens (tertiary/aromatic N) is 3. The molecule has 2 heterocycles. The Bertz CT molecular complexity index is 1490. The van der Waals surface area contributed by atoms with E-state index >= 15 is 0 Å². The average molecular weight is 598 g/mol. The van der Waals surface area contributed by atoms with Gasteiger partial charge in [0.2, 0.25) is 17.7 Å². The summed E-state index contributed by atoms with van der Waals surface area (Å²) < 4.78 is 11.1. The maximum atomic E-state index is 14.2. The summed E-state index contributed by atoms with van der Waals surface area (Å²) in [5.41, 5.74) is 2.61. The van der Waals surface area contributed by atoms with Gasteiger partial charge in [0, 0.05) is 37.4 Å². The molecule has 3 aromatic carbocycles. The van der Waals surface area contributed by atoms with E-state index in [0.717, 1.165) is 16.7 Å². The number of para-hydroxylation sites is 1. The van der Waals surface area contributed by atoms with Crippen LogP contribution < -0.4 is 9.47 Å². The van der Waals surface area contributed by atoms with Crippen LogP contribution in [0.1, 0.15) is 36.0 Å². The first-order chi connectivity index (χ1) is 21.3. The number of fused-ring (bicyclic) bond motifs is 1. The number of methoxy groups -OCH3 is 2. The zero-order valence-electron chi connectivity index (χ0n) is 25.2. The fourth-order valence-electron chi connectivity index (χ4n) is 6.37. The van der Waals surface area contributed by atoms with E-state index in [-0.39, 0.29) is 61.9 Å². The van der Waals surface area contributed by atoms with Crippen LogP contribution in [0.5, 0.6) is 17.2 Å². The molecule has 9 heteroatoms. The molecule has 3 aromatic rings. The Balaban J connectivity index is 1.52. The van der Waals surface area contributed by atoms with Crippen molar-refractivity contribution in [2.75, 3.05) is 20.8 Å². The average Bonchev–Trinajstić information content (AvgIpc) is 3.03. The summed E-state index contributed by atoms with van der Waals surface area (Å²) in [5.74, 6) is 0.745. The smallest absolute Gasteiger partial charge is 0.246 e. The zero-order chi connectivity index (χ0) is 31.2. The molecule has 9 nitrogen and oxygen atoms in total. The number of piperazine rings is 1. The van der Waals surface area contributed by atoms with E-state index in [1.807, 2.05) is 47.4 Å². The molecule has 44 heavy (non-hydrogen) atoms. The third-order valence-corrected chi connectivity index (χ3v) is 8.46. The van der Waals surface area contributed by atoms with Crippen molar-refractivity contribution in [3.05, 3.63) is 102 Å². The van der Waals surface area contributed by atoms with E-state index in [0.29, 0.717) is 24.3 Å². The van der Waals surface area contributed by atoms with Gasteiger partial charge in [0.15, 0.2) is 11.5 Å². The first-order valence-corrected chi connectivity index (χ1v) is 14.9. The van der Waals surface area contributed by atoms with Gasteiger partial charge < -0.3 is 29.3 Å². The molecule has 2 fully saturated rings. The minimum atomic E-state index is -0.837. The molecule has 0 aliphatic carbocycles. The molecule has 0 unspecified atom stereocenters. The van der Waals surface area contributed by atoms with Crippen molar-refractivity contribution in [1.82, 2.24) is 14.7 Å². The van der Waals surface area contributed by atoms with Gasteiger partial charge in [-0.15, -0.1) is 6.58 Å². The number of rotatable bonds is 11. The summed E-state index contributed by atoms with van der Waals surface area (Å²) in [4.78, 5) is 47.2. The van der Waals surface area contributed by atoms with Crippen molar-refractivity contribution >= 4 is 17.7 Å². The van der Waals surface area contributed by atoms with Gasteiger partial charge in [-0.3, -0.25) is 14.4 Å². The number of ether oxygens (including phenoxy) is 2. The van der Waals surface area contributed by atoms with E-state index < -0.39 is 12.2 Å². The van der Waals surface area contributed by atoms with Crippen molar-refractivity contribution in [2.45, 2.75) is 56.9 Å². The highest BCUT2D eigenvalue weighted by molar-refractivity contribution is 5.92. The van der Waals surface area contributed by atoms with E-state index in [9.17, 15) is 19.5 Å². The Morgan fingerprint density at radius 3 is 2.41 bits per heavy atom. The summed E-state index contributed by atoms with van der Waals surface area (Å²) in [5, 5.41) is 9.84. The first-order valence-electron chi connectivity index (χ1n) is 14.9. The molecule has 3 amide bonds. The maximum Gasteiger partial charge on any atom is 0.246 e. The van der Waals surface area contributed by atoms with Crippen LogP contribution in [0.3, 0.4) is 0 Å². The van der Waals surface area contributed by atoms with Gasteiger partial charge in [0.05, 0.1) is 20.8 Å². The predicted octanol–water partition coefficient (Wildman–Crippen LogP) is 4.33. The number of phenols is 1. The van der Waals surface area contributed by atoms with E-state index in [2.05, 4.69) is 6.58 Å². The predicted molar refractivity (Wildman–Crippen MR) is 166 cm³/mol. The van der Waals surface area contributed by atoms with E-state index in [1.165, 1.54) is 0 Å². The highest BCUT2D eigenvalue weighted by atomic mass is 16.5. The number of amides is 3. The van der Waals surface area contributed by atoms with Crippen LogP contribution >= 0.6 is 0 Å². The quantitative estimate of drug-likeness (QED) is 0.331. The molecular weight excluding hydrogens is 558 g/mol. The van der Waals surface area contributed by atoms with Crippen LogP contribution in [-0.2, 0) is 33.8 Å². The second-order valence-electron chi connectivity index (χ2n) is 11.2. The molecule has 1 N–H and O–H groups in total. The van der Waals surface area contributed by atoms with Crippen LogP contribution in [0, 0.1) is 0 Å². The zero-order valence-corrected chi connectivity index (χ0v) is 25.2. The fraction of sp³-hybridized carbons (Fsp3) is 0.343. The van der Waals surface area contributed by atoms with Crippen molar-refractivity contribution in [2.24, 2.45) is 0 Å². The van der Waals surface area contributed by atoms with Gasteiger partial charge in [-0.25, -0.2) is 0 Å². The number of benzene rings is 3. The summed E-state index contributed by atoms with van der Waals surface area (Å²) in [7, 11) is 3.12. The number of carbonyl (C=O) groups excluding carboxylic acids is 3. The molecule has 0 aromatic heterocycles. The number of aryl methyl sites for hydroxylation is 1. The monoisotopic (exact) mass is 597 g/mol. The molecule has 0 spiro atoms. The number of phenolic OH excluding ortho intramolecular Hbond substituents is 1. The normalized spacial score (nSPS) is 19.9. The lowest BCUT2D eigenvalue weighted by molar-refractivity contribution is -0.179. The van der Waals surface area contributed by atoms with Gasteiger partial charge in [-0.05, 0) is 42.2 Å². The third-order valence-electron chi connectivity index (χ3n) is 8.46. The molecular formula is C35H39N3O6. The molecule has 230 valence electrons. The van der Waals surface area contributed by atoms with Gasteiger partial charge >= 0.3 is 0 Å². The highest BCUT2D eigenvalue weighted by Crippen LogP contribution is 2.36. The van der Waals surface area contributed by atoms with E-state index in [4.69, 9.17) is 9.47 Å². The van der Waals surface area contributed by atoms with Crippen molar-refractivity contribution < 1.29 is 29.0 Å². The first kappa shape index (κ1) is 30.7. The Kier molecular flexibility index (Phi) is 9.53. The van der Waals surface area contributed by atoms with Crippen LogP contribution in [0.2, 0.25) is 0 Å². The number of hydrogen-bond acceptors (Lipinski definition) is 6. The summed E-state index contributed by atoms with van der Waals surface area (Å²) in [6.45, 7) is 4.26. The Labute approximate surface area is 258 Å². The maximum absolute atomic E-state index is 14.2. The molecule has 2 saturated heterocycles. The molecule has 2 aliphatic heterocycles. The molecule has 0 saturated carbocycles. The van der Waals surface area contributed by atoms with Crippen LogP contribution in [-0.4, -0.2) is 76.5 Å². The highest BCUT2D eigenvalue weighted by Gasteiger charge is 2.51. The van der Waals surface area contributed by atoms with Crippen LogP contribution in [0.4, 0.5) is 0 Å². The lowest BCUT2D eigenvalue weighted by atomic mass is 9.93. The largest absolute Gasteiger partial charge is 0.508 e. The molecule has 0 bridgehead atoms. The standard InChI is InChI=1S/C35H39N3O6/c1-4-9-27-21-33(41)38-29(20-25-14-17-28(39)18-15-25)35(42)36(22-26-12-8-13-30(43-2)34(26)44-3)23-31(38)37(27)32(40)19-16-24-10-6-5-7-11-24/h4-8,10-15,17-18,27,29,31,39H,1,9,16,19-23H2,2-3H3/t27-,29+,31-/m1/s1.